The van der Waals surface area contributed by atoms with Crippen LogP contribution in [0.2, 0.25) is 0 Å². The van der Waals surface area contributed by atoms with Gasteiger partial charge < -0.3 is 9.73 Å². The van der Waals surface area contributed by atoms with E-state index < -0.39 is 0 Å². The van der Waals surface area contributed by atoms with Crippen molar-refractivity contribution < 1.29 is 4.42 Å². The Labute approximate surface area is 94.5 Å². The summed E-state index contributed by atoms with van der Waals surface area (Å²) in [6.45, 7) is 3.00. The summed E-state index contributed by atoms with van der Waals surface area (Å²) in [7, 11) is 1.92. The van der Waals surface area contributed by atoms with E-state index in [9.17, 15) is 0 Å². The zero-order chi connectivity index (χ0) is 11.4. The predicted molar refractivity (Wildman–Crippen MR) is 59.9 cm³/mol. The molecule has 2 heterocycles. The number of hydrogen-bond donors (Lipinski definition) is 1. The summed E-state index contributed by atoms with van der Waals surface area (Å²) >= 11 is 0. The van der Waals surface area contributed by atoms with Crippen LogP contribution >= 0.6 is 0 Å². The van der Waals surface area contributed by atoms with Crippen molar-refractivity contribution in [3.8, 4) is 0 Å². The van der Waals surface area contributed by atoms with Crippen LogP contribution in [0.15, 0.2) is 29.2 Å². The molecule has 0 bridgehead atoms. The van der Waals surface area contributed by atoms with Gasteiger partial charge in [-0.3, -0.25) is 0 Å². The van der Waals surface area contributed by atoms with Gasteiger partial charge in [0.2, 0.25) is 0 Å². The maximum atomic E-state index is 5.11. The van der Waals surface area contributed by atoms with Gasteiger partial charge in [0.25, 0.3) is 0 Å². The first-order valence-corrected chi connectivity index (χ1v) is 5.44. The van der Waals surface area contributed by atoms with E-state index in [0.29, 0.717) is 0 Å². The van der Waals surface area contributed by atoms with Gasteiger partial charge in [-0.1, -0.05) is 12.1 Å². The molecule has 0 aromatic carbocycles. The Hall–Kier alpha value is -1.62. The lowest BCUT2D eigenvalue weighted by Gasteiger charge is -2.15. The van der Waals surface area contributed by atoms with Gasteiger partial charge in [0.05, 0.1) is 30.5 Å². The van der Waals surface area contributed by atoms with E-state index in [4.69, 9.17) is 4.42 Å². The third-order valence-electron chi connectivity index (χ3n) is 2.54. The van der Waals surface area contributed by atoms with E-state index in [0.717, 1.165) is 24.2 Å². The number of nitrogens with zero attached hydrogens (tertiary/aromatic N) is 3. The van der Waals surface area contributed by atoms with Crippen LogP contribution in [0.5, 0.6) is 0 Å². The molecule has 0 radical (unpaired) electrons. The Morgan fingerprint density at radius 2 is 2.44 bits per heavy atom. The number of hydrogen-bond acceptors (Lipinski definition) is 4. The summed E-state index contributed by atoms with van der Waals surface area (Å²) in [4.78, 5) is 0. The number of aryl methyl sites for hydroxylation is 1. The van der Waals surface area contributed by atoms with Gasteiger partial charge in [0.1, 0.15) is 0 Å². The van der Waals surface area contributed by atoms with Crippen molar-refractivity contribution in [2.75, 3.05) is 7.05 Å². The summed E-state index contributed by atoms with van der Waals surface area (Å²) in [6.07, 6.45) is 6.25. The van der Waals surface area contributed by atoms with E-state index in [1.54, 1.807) is 18.7 Å². The maximum absolute atomic E-state index is 5.11. The molecule has 0 spiro atoms. The van der Waals surface area contributed by atoms with Gasteiger partial charge in [-0.15, -0.1) is 5.10 Å². The average Bonchev–Trinajstić information content (AvgIpc) is 2.92. The Balaban J connectivity index is 2.30. The molecule has 16 heavy (non-hydrogen) atoms. The Kier molecular flexibility index (Phi) is 3.36. The van der Waals surface area contributed by atoms with E-state index in [1.165, 1.54) is 0 Å². The molecule has 0 aliphatic heterocycles. The van der Waals surface area contributed by atoms with Crippen LogP contribution < -0.4 is 5.32 Å². The van der Waals surface area contributed by atoms with E-state index in [-0.39, 0.29) is 6.04 Å². The lowest BCUT2D eigenvalue weighted by Crippen LogP contribution is -2.21. The molecule has 0 amide bonds. The SMILES string of the molecule is CCCn1nncc1C(NC)c1ccoc1. The summed E-state index contributed by atoms with van der Waals surface area (Å²) in [5.74, 6) is 0. The summed E-state index contributed by atoms with van der Waals surface area (Å²) in [5, 5.41) is 11.3. The van der Waals surface area contributed by atoms with Crippen LogP contribution in [0.4, 0.5) is 0 Å². The van der Waals surface area contributed by atoms with Crippen molar-refractivity contribution in [1.29, 1.82) is 0 Å². The molecule has 86 valence electrons. The molecule has 1 atom stereocenters. The Morgan fingerprint density at radius 3 is 3.06 bits per heavy atom. The van der Waals surface area contributed by atoms with Crippen molar-refractivity contribution in [3.05, 3.63) is 36.0 Å². The lowest BCUT2D eigenvalue weighted by molar-refractivity contribution is 0.516. The van der Waals surface area contributed by atoms with Gasteiger partial charge in [-0.2, -0.15) is 0 Å². The van der Waals surface area contributed by atoms with Gasteiger partial charge >= 0.3 is 0 Å². The first-order valence-electron chi connectivity index (χ1n) is 5.44. The number of rotatable bonds is 5. The number of furan rings is 1. The largest absolute Gasteiger partial charge is 0.472 e. The fraction of sp³-hybridized carbons (Fsp3) is 0.455. The second-order valence-corrected chi connectivity index (χ2v) is 3.66. The maximum Gasteiger partial charge on any atom is 0.0954 e. The second-order valence-electron chi connectivity index (χ2n) is 3.66. The molecule has 5 heteroatoms. The lowest BCUT2D eigenvalue weighted by atomic mass is 10.1. The fourth-order valence-corrected chi connectivity index (χ4v) is 1.80. The van der Waals surface area contributed by atoms with Crippen molar-refractivity contribution in [1.82, 2.24) is 20.3 Å². The molecule has 0 saturated heterocycles. The van der Waals surface area contributed by atoms with Crippen LogP contribution in [-0.2, 0) is 6.54 Å². The zero-order valence-electron chi connectivity index (χ0n) is 9.55. The smallest absolute Gasteiger partial charge is 0.0954 e. The van der Waals surface area contributed by atoms with Crippen LogP contribution in [0.3, 0.4) is 0 Å². The Morgan fingerprint density at radius 1 is 1.56 bits per heavy atom. The van der Waals surface area contributed by atoms with Gasteiger partial charge in [-0.05, 0) is 19.5 Å². The standard InChI is InChI=1S/C11H16N4O/c1-3-5-15-10(7-13-14-15)11(12-2)9-4-6-16-8-9/h4,6-8,11-12H,3,5H2,1-2H3. The molecular formula is C11H16N4O. The molecule has 2 aromatic rings. The topological polar surface area (TPSA) is 55.9 Å². The molecule has 2 aromatic heterocycles. The molecule has 1 unspecified atom stereocenters. The first kappa shape index (κ1) is 10.9. The third-order valence-corrected chi connectivity index (χ3v) is 2.54. The monoisotopic (exact) mass is 220 g/mol. The predicted octanol–water partition coefficient (Wildman–Crippen LogP) is 1.59. The van der Waals surface area contributed by atoms with Crippen LogP contribution in [0.1, 0.15) is 30.6 Å². The van der Waals surface area contributed by atoms with Crippen LogP contribution in [0, 0.1) is 0 Å². The van der Waals surface area contributed by atoms with E-state index >= 15 is 0 Å². The molecule has 0 aliphatic carbocycles. The van der Waals surface area contributed by atoms with Crippen LogP contribution in [0.25, 0.3) is 0 Å². The molecule has 0 saturated carbocycles. The minimum atomic E-state index is 0.0836. The van der Waals surface area contributed by atoms with Crippen molar-refractivity contribution in [2.24, 2.45) is 0 Å². The van der Waals surface area contributed by atoms with Crippen LogP contribution in [-0.4, -0.2) is 22.0 Å². The first-order chi connectivity index (χ1) is 7.86. The minimum Gasteiger partial charge on any atom is -0.472 e. The highest BCUT2D eigenvalue weighted by Gasteiger charge is 2.17. The third kappa shape index (κ3) is 1.99. The quantitative estimate of drug-likeness (QED) is 0.831. The summed E-state index contributed by atoms with van der Waals surface area (Å²) in [5.41, 5.74) is 2.15. The van der Waals surface area contributed by atoms with E-state index in [2.05, 4.69) is 22.6 Å². The number of aromatic nitrogens is 3. The zero-order valence-corrected chi connectivity index (χ0v) is 9.55. The van der Waals surface area contributed by atoms with Gasteiger partial charge in [-0.25, -0.2) is 4.68 Å². The summed E-state index contributed by atoms with van der Waals surface area (Å²) in [6, 6.07) is 2.03. The highest BCUT2D eigenvalue weighted by Crippen LogP contribution is 2.21. The van der Waals surface area contributed by atoms with Crippen molar-refractivity contribution in [3.63, 3.8) is 0 Å². The van der Waals surface area contributed by atoms with E-state index in [1.807, 2.05) is 17.8 Å². The highest BCUT2D eigenvalue weighted by molar-refractivity contribution is 5.22. The summed E-state index contributed by atoms with van der Waals surface area (Å²) < 4.78 is 7.03. The average molecular weight is 220 g/mol. The van der Waals surface area contributed by atoms with Gasteiger partial charge in [0.15, 0.2) is 0 Å². The molecule has 1 N–H and O–H groups in total. The molecule has 5 nitrogen and oxygen atoms in total. The Bertz CT molecular complexity index is 421. The highest BCUT2D eigenvalue weighted by atomic mass is 16.3. The van der Waals surface area contributed by atoms with Gasteiger partial charge in [0, 0.05) is 12.1 Å². The molecule has 0 fully saturated rings. The fourth-order valence-electron chi connectivity index (χ4n) is 1.80. The molecule has 0 aliphatic rings. The molecular weight excluding hydrogens is 204 g/mol. The normalized spacial score (nSPS) is 12.9. The minimum absolute atomic E-state index is 0.0836. The van der Waals surface area contributed by atoms with Crippen molar-refractivity contribution in [2.45, 2.75) is 25.9 Å². The number of nitrogens with one attached hydrogen (secondary N) is 1. The second kappa shape index (κ2) is 4.94. The van der Waals surface area contributed by atoms with Crippen molar-refractivity contribution >= 4 is 0 Å². The molecule has 2 rings (SSSR count).